The van der Waals surface area contributed by atoms with Crippen LogP contribution < -0.4 is 5.73 Å². The highest BCUT2D eigenvalue weighted by atomic mass is 32.1. The first-order chi connectivity index (χ1) is 9.24. The van der Waals surface area contributed by atoms with Crippen LogP contribution in [0.2, 0.25) is 0 Å². The topological polar surface area (TPSA) is 69.1 Å². The van der Waals surface area contributed by atoms with Gasteiger partial charge in [0.05, 0.1) is 5.56 Å². The fourth-order valence-corrected chi connectivity index (χ4v) is 3.01. The van der Waals surface area contributed by atoms with Crippen LogP contribution in [0.1, 0.15) is 24.6 Å². The maximum atomic E-state index is 13.9. The van der Waals surface area contributed by atoms with E-state index in [1.165, 1.54) is 17.4 Å². The Kier molecular flexibility index (Phi) is 2.14. The second kappa shape index (κ2) is 3.74. The van der Waals surface area contributed by atoms with E-state index in [1.807, 2.05) is 0 Å². The minimum Gasteiger partial charge on any atom is -0.398 e. The minimum absolute atomic E-state index is 0.347. The SMILES string of the molecule is Nc1cccc(F)c1-c1nn2c(C3CC3)nnc2s1. The summed E-state index contributed by atoms with van der Waals surface area (Å²) in [4.78, 5) is 0.680. The molecule has 1 fully saturated rings. The Morgan fingerprint density at radius 3 is 2.89 bits per heavy atom. The van der Waals surface area contributed by atoms with E-state index in [9.17, 15) is 4.39 Å². The number of nitrogens with two attached hydrogens (primary N) is 1. The Labute approximate surface area is 111 Å². The minimum atomic E-state index is -0.363. The molecular formula is C12H10FN5S. The number of rotatable bonds is 2. The summed E-state index contributed by atoms with van der Waals surface area (Å²) >= 11 is 1.30. The lowest BCUT2D eigenvalue weighted by molar-refractivity contribution is 0.631. The van der Waals surface area contributed by atoms with Crippen molar-refractivity contribution in [3.63, 3.8) is 0 Å². The van der Waals surface area contributed by atoms with Crippen molar-refractivity contribution < 1.29 is 4.39 Å². The third-order valence-corrected chi connectivity index (χ3v) is 4.13. The maximum absolute atomic E-state index is 13.9. The summed E-state index contributed by atoms with van der Waals surface area (Å²) in [5, 5.41) is 13.2. The molecule has 2 aromatic heterocycles. The zero-order valence-electron chi connectivity index (χ0n) is 9.88. The lowest BCUT2D eigenvalue weighted by Gasteiger charge is -2.02. The zero-order chi connectivity index (χ0) is 13.0. The van der Waals surface area contributed by atoms with Gasteiger partial charge in [-0.3, -0.25) is 0 Å². The molecule has 7 heteroatoms. The average molecular weight is 275 g/mol. The number of nitrogens with zero attached hydrogens (tertiary/aromatic N) is 4. The molecule has 0 spiro atoms. The Hall–Kier alpha value is -2.02. The molecule has 0 bridgehead atoms. The zero-order valence-corrected chi connectivity index (χ0v) is 10.7. The summed E-state index contributed by atoms with van der Waals surface area (Å²) in [5.74, 6) is 0.952. The van der Waals surface area contributed by atoms with Crippen LogP contribution in [0.25, 0.3) is 15.5 Å². The average Bonchev–Trinajstić information content (AvgIpc) is 3.00. The second-order valence-corrected chi connectivity index (χ2v) is 5.59. The van der Waals surface area contributed by atoms with Gasteiger partial charge in [-0.05, 0) is 25.0 Å². The molecule has 19 heavy (non-hydrogen) atoms. The van der Waals surface area contributed by atoms with E-state index < -0.39 is 0 Å². The van der Waals surface area contributed by atoms with Crippen molar-refractivity contribution in [1.82, 2.24) is 19.8 Å². The van der Waals surface area contributed by atoms with Gasteiger partial charge in [-0.25, -0.2) is 4.39 Å². The van der Waals surface area contributed by atoms with E-state index in [0.717, 1.165) is 18.7 Å². The van der Waals surface area contributed by atoms with Crippen LogP contribution in [0.3, 0.4) is 0 Å². The number of benzene rings is 1. The highest BCUT2D eigenvalue weighted by Crippen LogP contribution is 2.40. The van der Waals surface area contributed by atoms with Gasteiger partial charge in [0.2, 0.25) is 4.96 Å². The Balaban J connectivity index is 1.91. The highest BCUT2D eigenvalue weighted by molar-refractivity contribution is 7.19. The Morgan fingerprint density at radius 2 is 2.16 bits per heavy atom. The molecule has 0 aliphatic heterocycles. The summed E-state index contributed by atoms with van der Waals surface area (Å²) in [6.45, 7) is 0. The van der Waals surface area contributed by atoms with Gasteiger partial charge in [0, 0.05) is 11.6 Å². The fourth-order valence-electron chi connectivity index (χ4n) is 2.10. The number of hydrogen-bond acceptors (Lipinski definition) is 5. The summed E-state index contributed by atoms with van der Waals surface area (Å²) < 4.78 is 15.6. The summed E-state index contributed by atoms with van der Waals surface area (Å²) in [6, 6.07) is 4.64. The van der Waals surface area contributed by atoms with Crippen LogP contribution >= 0.6 is 11.3 Å². The number of hydrogen-bond donors (Lipinski definition) is 1. The van der Waals surface area contributed by atoms with Crippen molar-refractivity contribution >= 4 is 22.0 Å². The molecule has 1 saturated carbocycles. The predicted molar refractivity (Wildman–Crippen MR) is 70.4 cm³/mol. The third kappa shape index (κ3) is 1.61. The van der Waals surface area contributed by atoms with E-state index in [4.69, 9.17) is 5.73 Å². The first-order valence-corrected chi connectivity index (χ1v) is 6.82. The molecule has 0 radical (unpaired) electrons. The smallest absolute Gasteiger partial charge is 0.234 e. The van der Waals surface area contributed by atoms with Crippen molar-refractivity contribution in [2.75, 3.05) is 5.73 Å². The Morgan fingerprint density at radius 1 is 1.32 bits per heavy atom. The summed E-state index contributed by atoms with van der Waals surface area (Å²) in [6.07, 6.45) is 2.24. The van der Waals surface area contributed by atoms with Crippen LogP contribution in [0.4, 0.5) is 10.1 Å². The maximum Gasteiger partial charge on any atom is 0.234 e. The van der Waals surface area contributed by atoms with E-state index >= 15 is 0 Å². The summed E-state index contributed by atoms with van der Waals surface area (Å²) in [7, 11) is 0. The number of aromatic nitrogens is 4. The van der Waals surface area contributed by atoms with Crippen LogP contribution in [0, 0.1) is 5.82 Å². The lowest BCUT2D eigenvalue weighted by atomic mass is 10.2. The van der Waals surface area contributed by atoms with E-state index in [0.29, 0.717) is 27.1 Å². The van der Waals surface area contributed by atoms with Gasteiger partial charge in [0.25, 0.3) is 0 Å². The van der Waals surface area contributed by atoms with E-state index in [1.54, 1.807) is 16.6 Å². The second-order valence-electron chi connectivity index (χ2n) is 4.64. The van der Waals surface area contributed by atoms with Gasteiger partial charge < -0.3 is 5.73 Å². The molecule has 1 aliphatic rings. The number of halogens is 1. The van der Waals surface area contributed by atoms with Crippen LogP contribution in [0.15, 0.2) is 18.2 Å². The molecule has 3 aromatic rings. The van der Waals surface area contributed by atoms with Crippen molar-refractivity contribution in [2.45, 2.75) is 18.8 Å². The molecule has 0 unspecified atom stereocenters. The molecule has 5 nitrogen and oxygen atoms in total. The quantitative estimate of drug-likeness (QED) is 0.729. The van der Waals surface area contributed by atoms with Gasteiger partial charge in [-0.1, -0.05) is 17.4 Å². The molecule has 2 heterocycles. The van der Waals surface area contributed by atoms with Gasteiger partial charge in [0.1, 0.15) is 5.82 Å². The van der Waals surface area contributed by atoms with Crippen LogP contribution in [0.5, 0.6) is 0 Å². The van der Waals surface area contributed by atoms with Crippen LogP contribution in [-0.2, 0) is 0 Å². The monoisotopic (exact) mass is 275 g/mol. The largest absolute Gasteiger partial charge is 0.398 e. The molecule has 1 aromatic carbocycles. The lowest BCUT2D eigenvalue weighted by Crippen LogP contribution is -1.96. The molecule has 1 aliphatic carbocycles. The van der Waals surface area contributed by atoms with Crippen molar-refractivity contribution in [3.8, 4) is 10.6 Å². The van der Waals surface area contributed by atoms with E-state index in [-0.39, 0.29) is 5.82 Å². The van der Waals surface area contributed by atoms with Crippen molar-refractivity contribution in [3.05, 3.63) is 29.8 Å². The molecular weight excluding hydrogens is 265 g/mol. The third-order valence-electron chi connectivity index (χ3n) is 3.22. The number of fused-ring (bicyclic) bond motifs is 1. The Bertz CT molecular complexity index is 753. The first kappa shape index (κ1) is 10.9. The first-order valence-electron chi connectivity index (χ1n) is 6.00. The predicted octanol–water partition coefficient (Wildman–Crippen LogP) is 2.45. The molecule has 0 saturated heterocycles. The molecule has 4 rings (SSSR count). The molecule has 2 N–H and O–H groups in total. The summed E-state index contributed by atoms with van der Waals surface area (Å²) in [5.41, 5.74) is 6.57. The fraction of sp³-hybridized carbons (Fsp3) is 0.250. The molecule has 0 amide bonds. The molecule has 0 atom stereocenters. The van der Waals surface area contributed by atoms with Gasteiger partial charge in [0.15, 0.2) is 10.8 Å². The highest BCUT2D eigenvalue weighted by Gasteiger charge is 2.30. The van der Waals surface area contributed by atoms with E-state index in [2.05, 4.69) is 15.3 Å². The van der Waals surface area contributed by atoms with Gasteiger partial charge in [-0.15, -0.1) is 10.2 Å². The number of anilines is 1. The van der Waals surface area contributed by atoms with Crippen molar-refractivity contribution in [1.29, 1.82) is 0 Å². The molecule has 96 valence electrons. The van der Waals surface area contributed by atoms with Gasteiger partial charge in [-0.2, -0.15) is 9.61 Å². The van der Waals surface area contributed by atoms with Crippen LogP contribution in [-0.4, -0.2) is 19.8 Å². The standard InChI is InChI=1S/C12H10FN5S/c13-7-2-1-3-8(14)9(7)11-17-18-10(6-4-5-6)15-16-12(18)19-11/h1-3,6H,4-5,14H2. The van der Waals surface area contributed by atoms with Crippen molar-refractivity contribution in [2.24, 2.45) is 0 Å². The number of nitrogen functional groups attached to an aromatic ring is 1. The van der Waals surface area contributed by atoms with Gasteiger partial charge >= 0.3 is 0 Å². The normalized spacial score (nSPS) is 15.2.